The van der Waals surface area contributed by atoms with Crippen LogP contribution in [0.25, 0.3) is 0 Å². The molecule has 1 unspecified atom stereocenters. The summed E-state index contributed by atoms with van der Waals surface area (Å²) < 4.78 is 0. The third kappa shape index (κ3) is 2.47. The van der Waals surface area contributed by atoms with E-state index in [2.05, 4.69) is 24.4 Å². The molecule has 0 aromatic heterocycles. The average molecular weight is 376 g/mol. The molecule has 4 saturated carbocycles. The average Bonchev–Trinajstić information content (AvgIpc) is 2.77. The van der Waals surface area contributed by atoms with Gasteiger partial charge in [-0.1, -0.05) is 20.3 Å². The van der Waals surface area contributed by atoms with Crippen molar-refractivity contribution in [1.29, 1.82) is 0 Å². The van der Waals surface area contributed by atoms with E-state index in [4.69, 9.17) is 5.73 Å². The van der Waals surface area contributed by atoms with Crippen molar-refractivity contribution in [3.63, 3.8) is 0 Å². The summed E-state index contributed by atoms with van der Waals surface area (Å²) in [7, 11) is 0. The maximum absolute atomic E-state index is 12.2. The van der Waals surface area contributed by atoms with Crippen molar-refractivity contribution in [1.82, 2.24) is 5.43 Å². The first-order valence-electron chi connectivity index (χ1n) is 10.4. The van der Waals surface area contributed by atoms with Crippen molar-refractivity contribution in [2.45, 2.75) is 78.6 Å². The van der Waals surface area contributed by atoms with Crippen molar-refractivity contribution in [3.05, 3.63) is 0 Å². The van der Waals surface area contributed by atoms with Crippen molar-refractivity contribution in [2.24, 2.45) is 44.3 Å². The molecule has 2 amide bonds. The molecule has 0 aromatic carbocycles. The summed E-state index contributed by atoms with van der Waals surface area (Å²) in [5, 5.41) is 14.4. The van der Waals surface area contributed by atoms with Gasteiger partial charge in [-0.15, -0.1) is 0 Å². The zero-order valence-corrected chi connectivity index (χ0v) is 16.8. The van der Waals surface area contributed by atoms with Crippen LogP contribution in [0.15, 0.2) is 5.10 Å². The minimum absolute atomic E-state index is 0.0346. The van der Waals surface area contributed by atoms with Gasteiger partial charge in [0.1, 0.15) is 0 Å². The summed E-state index contributed by atoms with van der Waals surface area (Å²) in [5.41, 5.74) is 8.50. The highest BCUT2D eigenvalue weighted by Gasteiger charge is 2.67. The van der Waals surface area contributed by atoms with Gasteiger partial charge in [0, 0.05) is 11.1 Å². The van der Waals surface area contributed by atoms with Gasteiger partial charge < -0.3 is 10.8 Å². The summed E-state index contributed by atoms with van der Waals surface area (Å²) in [6, 6.07) is -0.609. The van der Waals surface area contributed by atoms with E-state index in [1.54, 1.807) is 0 Å². The maximum Gasteiger partial charge on any atom is 0.332 e. The van der Waals surface area contributed by atoms with E-state index in [9.17, 15) is 14.7 Å². The number of nitrogens with one attached hydrogen (secondary N) is 1. The molecule has 4 N–H and O–H groups in total. The number of fused-ring (bicyclic) bond motifs is 3. The van der Waals surface area contributed by atoms with E-state index >= 15 is 0 Å². The number of primary amides is 1. The molecule has 6 nitrogen and oxygen atoms in total. The third-order valence-corrected chi connectivity index (χ3v) is 9.18. The summed E-state index contributed by atoms with van der Waals surface area (Å²) in [5.74, 6) is 0.174. The molecule has 6 atom stereocenters. The quantitative estimate of drug-likeness (QED) is 0.637. The Kier molecular flexibility index (Phi) is 3.97. The minimum Gasteiger partial charge on any atom is -0.481 e. The Labute approximate surface area is 161 Å². The standard InChI is InChI=1S/C21H33N3O3/c1-18-9-5-14-19(2)7-4-8-20(3,16(25)26)13(19)6-10-21(14,12-18)11-15(18)23-24-17(22)27/h13-14H,4-12H2,1-3H3,(H,25,26)(H3,22,24,27)/b23-15+/t13-,14?,18-,19+,20+,21-/m0/s1. The van der Waals surface area contributed by atoms with E-state index < -0.39 is 17.4 Å². The predicted molar refractivity (Wildman–Crippen MR) is 103 cm³/mol. The number of hydrogen-bond donors (Lipinski definition) is 3. The van der Waals surface area contributed by atoms with E-state index in [0.29, 0.717) is 5.92 Å². The van der Waals surface area contributed by atoms with Crippen molar-refractivity contribution < 1.29 is 14.7 Å². The van der Waals surface area contributed by atoms with Crippen LogP contribution in [0.1, 0.15) is 78.6 Å². The second-order valence-corrected chi connectivity index (χ2v) is 10.6. The van der Waals surface area contributed by atoms with E-state index in [0.717, 1.165) is 63.5 Å². The molecule has 4 rings (SSSR count). The normalized spacial score (nSPS) is 50.0. The molecule has 0 heterocycles. The number of nitrogens with zero attached hydrogens (tertiary/aromatic N) is 1. The first-order valence-corrected chi connectivity index (χ1v) is 10.4. The second-order valence-electron chi connectivity index (χ2n) is 10.6. The molecular weight excluding hydrogens is 342 g/mol. The second kappa shape index (κ2) is 5.71. The van der Waals surface area contributed by atoms with Gasteiger partial charge in [-0.2, -0.15) is 5.10 Å². The highest BCUT2D eigenvalue weighted by molar-refractivity contribution is 5.94. The van der Waals surface area contributed by atoms with Gasteiger partial charge in [0.2, 0.25) is 0 Å². The Morgan fingerprint density at radius 2 is 1.81 bits per heavy atom. The van der Waals surface area contributed by atoms with Gasteiger partial charge in [-0.3, -0.25) is 4.79 Å². The van der Waals surface area contributed by atoms with Crippen LogP contribution in [-0.2, 0) is 4.79 Å². The lowest BCUT2D eigenvalue weighted by Crippen LogP contribution is -2.58. The Balaban J connectivity index is 1.70. The molecule has 0 aliphatic heterocycles. The van der Waals surface area contributed by atoms with E-state index in [1.807, 2.05) is 6.92 Å². The fraction of sp³-hybridized carbons (Fsp3) is 0.857. The summed E-state index contributed by atoms with van der Waals surface area (Å²) in [6.07, 6.45) is 9.22. The van der Waals surface area contributed by atoms with Crippen LogP contribution in [0.4, 0.5) is 4.79 Å². The smallest absolute Gasteiger partial charge is 0.332 e. The predicted octanol–water partition coefficient (Wildman–Crippen LogP) is 3.90. The van der Waals surface area contributed by atoms with Crippen LogP contribution in [-0.4, -0.2) is 22.8 Å². The number of carbonyl (C=O) groups is 2. The summed E-state index contributed by atoms with van der Waals surface area (Å²) >= 11 is 0. The highest BCUT2D eigenvalue weighted by Crippen LogP contribution is 2.73. The molecular formula is C21H33N3O3. The molecule has 4 aliphatic rings. The summed E-state index contributed by atoms with van der Waals surface area (Å²) in [6.45, 7) is 6.64. The monoisotopic (exact) mass is 375 g/mol. The lowest BCUT2D eigenvalue weighted by Gasteiger charge is -2.63. The lowest BCUT2D eigenvalue weighted by atomic mass is 9.40. The molecule has 4 aliphatic carbocycles. The first kappa shape index (κ1) is 18.8. The van der Waals surface area contributed by atoms with Gasteiger partial charge in [0.15, 0.2) is 0 Å². The Bertz CT molecular complexity index is 721. The molecule has 27 heavy (non-hydrogen) atoms. The Hall–Kier alpha value is -1.59. The van der Waals surface area contributed by atoms with Crippen LogP contribution in [0.3, 0.4) is 0 Å². The molecule has 0 radical (unpaired) electrons. The Morgan fingerprint density at radius 3 is 2.48 bits per heavy atom. The highest BCUT2D eigenvalue weighted by atomic mass is 16.4. The van der Waals surface area contributed by atoms with Gasteiger partial charge >= 0.3 is 12.0 Å². The number of carboxylic acids is 1. The zero-order chi connectivity index (χ0) is 19.7. The summed E-state index contributed by atoms with van der Waals surface area (Å²) in [4.78, 5) is 23.3. The van der Waals surface area contributed by atoms with Crippen LogP contribution < -0.4 is 11.2 Å². The number of urea groups is 1. The number of carbonyl (C=O) groups excluding carboxylic acids is 1. The number of aliphatic carboxylic acids is 1. The van der Waals surface area contributed by atoms with Crippen LogP contribution in [0, 0.1) is 33.5 Å². The third-order valence-electron chi connectivity index (χ3n) is 9.18. The van der Waals surface area contributed by atoms with Crippen LogP contribution in [0.2, 0.25) is 0 Å². The van der Waals surface area contributed by atoms with Crippen LogP contribution in [0.5, 0.6) is 0 Å². The molecule has 0 aromatic rings. The maximum atomic E-state index is 12.2. The number of rotatable bonds is 2. The number of carboxylic acid groups (broad SMARTS) is 1. The first-order chi connectivity index (χ1) is 12.6. The topological polar surface area (TPSA) is 105 Å². The number of nitrogens with two attached hydrogens (primary N) is 1. The number of amides is 2. The lowest BCUT2D eigenvalue weighted by molar-refractivity contribution is -0.182. The van der Waals surface area contributed by atoms with Gasteiger partial charge in [0.05, 0.1) is 5.41 Å². The number of hydrogen-bond acceptors (Lipinski definition) is 3. The number of hydrazone groups is 1. The fourth-order valence-electron chi connectivity index (χ4n) is 8.08. The van der Waals surface area contributed by atoms with Gasteiger partial charge in [0.25, 0.3) is 0 Å². The molecule has 4 fully saturated rings. The minimum atomic E-state index is -0.616. The Morgan fingerprint density at radius 1 is 1.11 bits per heavy atom. The SMILES string of the molecule is C[C@@]12CCC3[C@@](CC[C@@H]4[C@](C)(C(=O)O)CCC[C@@]34C)(C/C1=N\NC(N)=O)C2. The van der Waals surface area contributed by atoms with Crippen molar-refractivity contribution >= 4 is 17.7 Å². The van der Waals surface area contributed by atoms with Crippen molar-refractivity contribution in [2.75, 3.05) is 0 Å². The van der Waals surface area contributed by atoms with Gasteiger partial charge in [-0.05, 0) is 81.0 Å². The molecule has 1 spiro atoms. The van der Waals surface area contributed by atoms with E-state index in [-0.39, 0.29) is 22.2 Å². The van der Waals surface area contributed by atoms with Crippen molar-refractivity contribution in [3.8, 4) is 0 Å². The van der Waals surface area contributed by atoms with Gasteiger partial charge in [-0.25, -0.2) is 10.2 Å². The molecule has 150 valence electrons. The molecule has 2 bridgehead atoms. The largest absolute Gasteiger partial charge is 0.481 e. The zero-order valence-electron chi connectivity index (χ0n) is 16.8. The van der Waals surface area contributed by atoms with Crippen LogP contribution >= 0.6 is 0 Å². The molecule has 6 heteroatoms. The molecule has 0 saturated heterocycles. The fourth-order valence-corrected chi connectivity index (χ4v) is 8.08. The van der Waals surface area contributed by atoms with E-state index in [1.165, 1.54) is 0 Å².